The van der Waals surface area contributed by atoms with E-state index in [1.54, 1.807) is 6.92 Å². The van der Waals surface area contributed by atoms with Gasteiger partial charge in [-0.25, -0.2) is 4.98 Å². The predicted molar refractivity (Wildman–Crippen MR) is 62.3 cm³/mol. The Morgan fingerprint density at radius 2 is 2.43 bits per heavy atom. The molecule has 0 bridgehead atoms. The molecule has 2 aromatic heterocycles. The molecule has 14 heavy (non-hydrogen) atoms. The number of hydrogen-bond acceptors (Lipinski definition) is 2. The molecular weight excluding hydrogens is 291 g/mol. The van der Waals surface area contributed by atoms with Crippen LogP contribution in [0.25, 0.3) is 5.65 Å². The van der Waals surface area contributed by atoms with E-state index in [2.05, 4.69) is 27.6 Å². The van der Waals surface area contributed by atoms with Gasteiger partial charge < -0.3 is 4.40 Å². The standard InChI is InChI=1S/C10H9IN2O/c1-7(14)4-9-6-13-3-2-8(11)5-10(13)12-9/h2-3,5-6H,4H2,1H3. The quantitative estimate of drug-likeness (QED) is 0.796. The van der Waals surface area contributed by atoms with Crippen LogP contribution in [0.3, 0.4) is 0 Å². The van der Waals surface area contributed by atoms with Gasteiger partial charge in [0.15, 0.2) is 0 Å². The summed E-state index contributed by atoms with van der Waals surface area (Å²) in [6.07, 6.45) is 4.26. The summed E-state index contributed by atoms with van der Waals surface area (Å²) in [6, 6.07) is 4.00. The van der Waals surface area contributed by atoms with Crippen molar-refractivity contribution in [3.05, 3.63) is 33.8 Å². The summed E-state index contributed by atoms with van der Waals surface area (Å²) in [5.74, 6) is 0.142. The largest absolute Gasteiger partial charge is 0.307 e. The first-order valence-electron chi connectivity index (χ1n) is 4.28. The number of halogens is 1. The summed E-state index contributed by atoms with van der Waals surface area (Å²) < 4.78 is 3.08. The van der Waals surface area contributed by atoms with E-state index in [9.17, 15) is 4.79 Å². The van der Waals surface area contributed by atoms with Gasteiger partial charge in [-0.3, -0.25) is 4.79 Å². The summed E-state index contributed by atoms with van der Waals surface area (Å²) in [7, 11) is 0. The second kappa shape index (κ2) is 3.68. The van der Waals surface area contributed by atoms with Gasteiger partial charge in [-0.15, -0.1) is 0 Å². The molecule has 0 N–H and O–H groups in total. The molecule has 0 saturated carbocycles. The molecule has 72 valence electrons. The second-order valence-corrected chi connectivity index (χ2v) is 4.47. The minimum Gasteiger partial charge on any atom is -0.307 e. The lowest BCUT2D eigenvalue weighted by Crippen LogP contribution is -1.95. The molecule has 0 atom stereocenters. The molecule has 0 aliphatic rings. The van der Waals surface area contributed by atoms with Crippen LogP contribution >= 0.6 is 22.6 Å². The van der Waals surface area contributed by atoms with Gasteiger partial charge in [0.2, 0.25) is 0 Å². The zero-order chi connectivity index (χ0) is 10.1. The molecule has 0 aromatic carbocycles. The maximum atomic E-state index is 10.9. The topological polar surface area (TPSA) is 34.4 Å². The Hall–Kier alpha value is -0.910. The van der Waals surface area contributed by atoms with Gasteiger partial charge in [0, 0.05) is 22.4 Å². The van der Waals surface area contributed by atoms with E-state index >= 15 is 0 Å². The van der Waals surface area contributed by atoms with E-state index in [1.807, 2.05) is 28.9 Å². The van der Waals surface area contributed by atoms with Gasteiger partial charge in [0.05, 0.1) is 5.69 Å². The normalized spacial score (nSPS) is 10.7. The first kappa shape index (κ1) is 9.64. The number of rotatable bonds is 2. The number of imidazole rings is 1. The molecular formula is C10H9IN2O. The first-order chi connectivity index (χ1) is 6.65. The fourth-order valence-corrected chi connectivity index (χ4v) is 1.79. The lowest BCUT2D eigenvalue weighted by molar-refractivity contribution is -0.116. The molecule has 0 spiro atoms. The molecule has 0 fully saturated rings. The Morgan fingerprint density at radius 1 is 1.64 bits per heavy atom. The van der Waals surface area contributed by atoms with E-state index in [1.165, 1.54) is 0 Å². The number of Topliss-reactive ketones (excluding diaryl/α,β-unsaturated/α-hetero) is 1. The zero-order valence-electron chi connectivity index (χ0n) is 7.70. The maximum Gasteiger partial charge on any atom is 0.138 e. The highest BCUT2D eigenvalue weighted by Gasteiger charge is 2.03. The molecule has 2 aromatic rings. The summed E-state index contributed by atoms with van der Waals surface area (Å²) >= 11 is 2.24. The van der Waals surface area contributed by atoms with Crippen LogP contribution in [0.15, 0.2) is 24.5 Å². The summed E-state index contributed by atoms with van der Waals surface area (Å²) in [6.45, 7) is 1.58. The average Bonchev–Trinajstić information content (AvgIpc) is 2.44. The third kappa shape index (κ3) is 1.95. The van der Waals surface area contributed by atoms with Crippen molar-refractivity contribution >= 4 is 34.0 Å². The molecule has 0 amide bonds. The fourth-order valence-electron chi connectivity index (χ4n) is 1.35. The van der Waals surface area contributed by atoms with E-state index in [0.717, 1.165) is 14.9 Å². The number of carbonyl (C=O) groups is 1. The number of pyridine rings is 1. The van der Waals surface area contributed by atoms with Crippen LogP contribution in [-0.2, 0) is 11.2 Å². The Morgan fingerprint density at radius 3 is 3.14 bits per heavy atom. The highest BCUT2D eigenvalue weighted by atomic mass is 127. The molecule has 0 aliphatic heterocycles. The van der Waals surface area contributed by atoms with Gasteiger partial charge in [-0.1, -0.05) is 0 Å². The Balaban J connectivity index is 2.46. The summed E-state index contributed by atoms with van der Waals surface area (Å²) in [5.41, 5.74) is 1.73. The highest BCUT2D eigenvalue weighted by Crippen LogP contribution is 2.10. The van der Waals surface area contributed by atoms with Crippen molar-refractivity contribution < 1.29 is 4.79 Å². The van der Waals surface area contributed by atoms with Gasteiger partial charge in [-0.2, -0.15) is 0 Å². The van der Waals surface area contributed by atoms with E-state index < -0.39 is 0 Å². The zero-order valence-corrected chi connectivity index (χ0v) is 9.85. The van der Waals surface area contributed by atoms with Crippen LogP contribution in [0.5, 0.6) is 0 Å². The summed E-state index contributed by atoms with van der Waals surface area (Å²) in [5, 5.41) is 0. The van der Waals surface area contributed by atoms with Gasteiger partial charge in [-0.05, 0) is 41.6 Å². The van der Waals surface area contributed by atoms with E-state index in [0.29, 0.717) is 6.42 Å². The monoisotopic (exact) mass is 300 g/mol. The highest BCUT2D eigenvalue weighted by molar-refractivity contribution is 14.1. The molecule has 0 radical (unpaired) electrons. The molecule has 2 rings (SSSR count). The fraction of sp³-hybridized carbons (Fsp3) is 0.200. The number of fused-ring (bicyclic) bond motifs is 1. The van der Waals surface area contributed by atoms with Crippen LogP contribution in [0.4, 0.5) is 0 Å². The third-order valence-corrected chi connectivity index (χ3v) is 2.57. The number of hydrogen-bond donors (Lipinski definition) is 0. The minimum atomic E-state index is 0.142. The SMILES string of the molecule is CC(=O)Cc1cn2ccc(I)cc2n1. The van der Waals surface area contributed by atoms with Crippen LogP contribution < -0.4 is 0 Å². The van der Waals surface area contributed by atoms with Gasteiger partial charge in [0.25, 0.3) is 0 Å². The molecule has 2 heterocycles. The smallest absolute Gasteiger partial charge is 0.138 e. The van der Waals surface area contributed by atoms with Crippen LogP contribution in [0.1, 0.15) is 12.6 Å². The third-order valence-electron chi connectivity index (χ3n) is 1.90. The Bertz CT molecular complexity index is 490. The Labute approximate surface area is 95.3 Å². The first-order valence-corrected chi connectivity index (χ1v) is 5.35. The van der Waals surface area contributed by atoms with Gasteiger partial charge >= 0.3 is 0 Å². The van der Waals surface area contributed by atoms with Crippen molar-refractivity contribution in [2.45, 2.75) is 13.3 Å². The number of nitrogens with zero attached hydrogens (tertiary/aromatic N) is 2. The number of aromatic nitrogens is 2. The minimum absolute atomic E-state index is 0.142. The van der Waals surface area contributed by atoms with Crippen LogP contribution in [-0.4, -0.2) is 15.2 Å². The van der Waals surface area contributed by atoms with E-state index in [-0.39, 0.29) is 5.78 Å². The molecule has 3 nitrogen and oxygen atoms in total. The predicted octanol–water partition coefficient (Wildman–Crippen LogP) is 2.07. The van der Waals surface area contributed by atoms with Crippen molar-refractivity contribution in [3.8, 4) is 0 Å². The molecule has 0 aliphatic carbocycles. The van der Waals surface area contributed by atoms with Crippen LogP contribution in [0.2, 0.25) is 0 Å². The molecule has 0 saturated heterocycles. The lowest BCUT2D eigenvalue weighted by Gasteiger charge is -1.91. The van der Waals surface area contributed by atoms with Crippen molar-refractivity contribution in [2.24, 2.45) is 0 Å². The van der Waals surface area contributed by atoms with Crippen molar-refractivity contribution in [3.63, 3.8) is 0 Å². The Kier molecular flexibility index (Phi) is 2.54. The number of ketones is 1. The summed E-state index contributed by atoms with van der Waals surface area (Å²) in [4.78, 5) is 15.3. The maximum absolute atomic E-state index is 10.9. The average molecular weight is 300 g/mol. The lowest BCUT2D eigenvalue weighted by atomic mass is 10.2. The van der Waals surface area contributed by atoms with Crippen molar-refractivity contribution in [2.75, 3.05) is 0 Å². The second-order valence-electron chi connectivity index (χ2n) is 3.22. The van der Waals surface area contributed by atoms with Gasteiger partial charge in [0.1, 0.15) is 11.4 Å². The van der Waals surface area contributed by atoms with Crippen molar-refractivity contribution in [1.82, 2.24) is 9.38 Å². The van der Waals surface area contributed by atoms with Crippen molar-refractivity contribution in [1.29, 1.82) is 0 Å². The molecule has 0 unspecified atom stereocenters. The number of carbonyl (C=O) groups excluding carboxylic acids is 1. The van der Waals surface area contributed by atoms with Crippen LogP contribution in [0, 0.1) is 3.57 Å². The molecule has 4 heteroatoms. The van der Waals surface area contributed by atoms with E-state index in [4.69, 9.17) is 0 Å².